The molecule has 2 aliphatic heterocycles. The lowest BCUT2D eigenvalue weighted by Crippen LogP contribution is -2.70. The van der Waals surface area contributed by atoms with Gasteiger partial charge in [-0.15, -0.1) is 23.1 Å². The lowest BCUT2D eigenvalue weighted by molar-refractivity contribution is -0.153. The predicted octanol–water partition coefficient (Wildman–Crippen LogP) is 2.26. The number of ether oxygens (including phenoxy) is 3. The summed E-state index contributed by atoms with van der Waals surface area (Å²) >= 11 is 2.86. The van der Waals surface area contributed by atoms with Gasteiger partial charge in [0.2, 0.25) is 5.91 Å². The van der Waals surface area contributed by atoms with Gasteiger partial charge in [-0.1, -0.05) is 18.2 Å². The van der Waals surface area contributed by atoms with Crippen molar-refractivity contribution in [2.45, 2.75) is 31.4 Å². The van der Waals surface area contributed by atoms with E-state index in [9.17, 15) is 19.2 Å². The zero-order valence-corrected chi connectivity index (χ0v) is 20.8. The number of methoxy groups -OCH3 is 1. The number of carbonyl (C=O) groups is 4. The molecule has 2 amide bonds. The Kier molecular flexibility index (Phi) is 7.76. The highest BCUT2D eigenvalue weighted by molar-refractivity contribution is 8.00. The van der Waals surface area contributed by atoms with Gasteiger partial charge in [0.15, 0.2) is 0 Å². The molecule has 2 atom stereocenters. The first-order valence-electron chi connectivity index (χ1n) is 10.8. The fourth-order valence-corrected chi connectivity index (χ4v) is 5.74. The Bertz CT molecular complexity index is 1150. The van der Waals surface area contributed by atoms with Crippen LogP contribution in [0.25, 0.3) is 0 Å². The second-order valence-corrected chi connectivity index (χ2v) is 10.0. The third-order valence-electron chi connectivity index (χ3n) is 5.45. The van der Waals surface area contributed by atoms with Crippen molar-refractivity contribution in [2.24, 2.45) is 0 Å². The summed E-state index contributed by atoms with van der Waals surface area (Å²) in [7, 11) is 1.56. The van der Waals surface area contributed by atoms with Crippen LogP contribution < -0.4 is 10.1 Å². The van der Waals surface area contributed by atoms with Gasteiger partial charge in [-0.05, 0) is 29.1 Å². The summed E-state index contributed by atoms with van der Waals surface area (Å²) in [5, 5.41) is 4.22. The number of benzene rings is 1. The van der Waals surface area contributed by atoms with Crippen molar-refractivity contribution in [2.75, 3.05) is 19.5 Å². The molecule has 1 saturated heterocycles. The minimum atomic E-state index is -0.743. The number of amides is 2. The third-order valence-corrected chi connectivity index (χ3v) is 7.67. The Labute approximate surface area is 210 Å². The van der Waals surface area contributed by atoms with Crippen molar-refractivity contribution in [3.8, 4) is 5.75 Å². The number of hydrogen-bond donors (Lipinski definition) is 1. The van der Waals surface area contributed by atoms with Crippen LogP contribution in [-0.2, 0) is 41.7 Å². The highest BCUT2D eigenvalue weighted by Gasteiger charge is 2.54. The van der Waals surface area contributed by atoms with E-state index in [1.165, 1.54) is 34.9 Å². The molecule has 1 aromatic carbocycles. The number of hydrogen-bond acceptors (Lipinski definition) is 9. The van der Waals surface area contributed by atoms with Crippen molar-refractivity contribution < 1.29 is 33.4 Å². The zero-order valence-electron chi connectivity index (χ0n) is 19.1. The highest BCUT2D eigenvalue weighted by Crippen LogP contribution is 2.41. The SMILES string of the molecule is COc1ccc(COC(=O)C2=C(COC(C)=O)CS[C@H]3C(NC(=O)Cc4cccs4)C(=O)N23)cc1. The summed E-state index contributed by atoms with van der Waals surface area (Å²) in [6.45, 7) is 1.14. The summed E-state index contributed by atoms with van der Waals surface area (Å²) in [6.07, 6.45) is 0.184. The number of nitrogens with one attached hydrogen (secondary N) is 1. The van der Waals surface area contributed by atoms with E-state index in [1.807, 2.05) is 17.5 Å². The van der Waals surface area contributed by atoms with Gasteiger partial charge in [-0.3, -0.25) is 19.3 Å². The van der Waals surface area contributed by atoms with Gasteiger partial charge in [0, 0.05) is 23.1 Å². The maximum atomic E-state index is 13.1. The largest absolute Gasteiger partial charge is 0.497 e. The molecule has 184 valence electrons. The van der Waals surface area contributed by atoms with Crippen molar-refractivity contribution in [1.82, 2.24) is 10.2 Å². The lowest BCUT2D eigenvalue weighted by atomic mass is 10.0. The summed E-state index contributed by atoms with van der Waals surface area (Å²) in [5.41, 5.74) is 1.30. The minimum Gasteiger partial charge on any atom is -0.497 e. The first-order valence-corrected chi connectivity index (χ1v) is 12.7. The van der Waals surface area contributed by atoms with Crippen LogP contribution in [0.1, 0.15) is 17.4 Å². The predicted molar refractivity (Wildman–Crippen MR) is 129 cm³/mol. The number of rotatable bonds is 9. The summed E-state index contributed by atoms with van der Waals surface area (Å²) in [4.78, 5) is 52.1. The minimum absolute atomic E-state index is 0.00596. The van der Waals surface area contributed by atoms with E-state index in [2.05, 4.69) is 5.32 Å². The van der Waals surface area contributed by atoms with Crippen molar-refractivity contribution >= 4 is 46.9 Å². The summed E-state index contributed by atoms with van der Waals surface area (Å²) in [6, 6.07) is 10.0. The van der Waals surface area contributed by atoms with Crippen LogP contribution in [-0.4, -0.2) is 59.5 Å². The quantitative estimate of drug-likeness (QED) is 0.399. The van der Waals surface area contributed by atoms with E-state index in [0.717, 1.165) is 10.4 Å². The molecule has 1 unspecified atom stereocenters. The van der Waals surface area contributed by atoms with Crippen LogP contribution in [0.4, 0.5) is 0 Å². The lowest BCUT2D eigenvalue weighted by Gasteiger charge is -2.49. The van der Waals surface area contributed by atoms with Gasteiger partial charge in [-0.2, -0.15) is 0 Å². The van der Waals surface area contributed by atoms with Gasteiger partial charge in [-0.25, -0.2) is 4.79 Å². The maximum Gasteiger partial charge on any atom is 0.355 e. The van der Waals surface area contributed by atoms with E-state index in [1.54, 1.807) is 31.4 Å². The molecule has 2 aliphatic rings. The molecule has 1 aromatic heterocycles. The number of thioether (sulfide) groups is 1. The number of thiophene rings is 1. The average molecular weight is 517 g/mol. The first kappa shape index (κ1) is 24.8. The molecule has 1 N–H and O–H groups in total. The number of fused-ring (bicyclic) bond motifs is 1. The average Bonchev–Trinajstić information content (AvgIpc) is 3.37. The molecule has 35 heavy (non-hydrogen) atoms. The second-order valence-electron chi connectivity index (χ2n) is 7.87. The monoisotopic (exact) mass is 516 g/mol. The smallest absolute Gasteiger partial charge is 0.355 e. The molecule has 0 bridgehead atoms. The molecule has 1 fully saturated rings. The molecular formula is C24H24N2O7S2. The van der Waals surface area contributed by atoms with E-state index >= 15 is 0 Å². The molecule has 0 spiro atoms. The standard InChI is InChI=1S/C24H24N2O7S2/c1-14(27)32-12-16-13-35-23-20(25-19(28)10-18-4-3-9-34-18)22(29)26(23)21(16)24(30)33-11-15-5-7-17(31-2)8-6-15/h3-9,20,23H,10-13H2,1-2H3,(H,25,28)/t20?,23-/m0/s1. The van der Waals surface area contributed by atoms with Crippen LogP contribution in [0.5, 0.6) is 5.75 Å². The van der Waals surface area contributed by atoms with Gasteiger partial charge in [0.05, 0.1) is 13.5 Å². The molecule has 3 heterocycles. The molecule has 9 nitrogen and oxygen atoms in total. The summed E-state index contributed by atoms with van der Waals surface area (Å²) < 4.78 is 15.7. The maximum absolute atomic E-state index is 13.1. The molecule has 11 heteroatoms. The highest BCUT2D eigenvalue weighted by atomic mass is 32.2. The molecule has 0 aliphatic carbocycles. The van der Waals surface area contributed by atoms with Crippen LogP contribution in [0.2, 0.25) is 0 Å². The molecule has 4 rings (SSSR count). The van der Waals surface area contributed by atoms with Crippen molar-refractivity contribution in [1.29, 1.82) is 0 Å². The van der Waals surface area contributed by atoms with E-state index in [0.29, 0.717) is 17.1 Å². The molecular weight excluding hydrogens is 492 g/mol. The van der Waals surface area contributed by atoms with E-state index in [-0.39, 0.29) is 31.2 Å². The summed E-state index contributed by atoms with van der Waals surface area (Å²) in [5.74, 6) is -0.819. The van der Waals surface area contributed by atoms with E-state index in [4.69, 9.17) is 14.2 Å². The van der Waals surface area contributed by atoms with Crippen LogP contribution in [0.3, 0.4) is 0 Å². The van der Waals surface area contributed by atoms with Crippen molar-refractivity contribution in [3.63, 3.8) is 0 Å². The van der Waals surface area contributed by atoms with Crippen LogP contribution in [0.15, 0.2) is 53.0 Å². The number of nitrogens with zero attached hydrogens (tertiary/aromatic N) is 1. The normalized spacial score (nSPS) is 18.9. The Morgan fingerprint density at radius 3 is 2.54 bits per heavy atom. The zero-order chi connectivity index (χ0) is 24.9. The first-order chi connectivity index (χ1) is 16.9. The van der Waals surface area contributed by atoms with E-state index < -0.39 is 29.3 Å². The van der Waals surface area contributed by atoms with Gasteiger partial charge >= 0.3 is 11.9 Å². The Morgan fingerprint density at radius 2 is 1.89 bits per heavy atom. The Balaban J connectivity index is 1.46. The fourth-order valence-electron chi connectivity index (χ4n) is 3.71. The third kappa shape index (κ3) is 5.68. The Morgan fingerprint density at radius 1 is 1.11 bits per heavy atom. The number of carbonyl (C=O) groups excluding carboxylic acids is 4. The van der Waals surface area contributed by atoms with Crippen LogP contribution >= 0.6 is 23.1 Å². The van der Waals surface area contributed by atoms with Crippen LogP contribution in [0, 0.1) is 0 Å². The molecule has 0 saturated carbocycles. The van der Waals surface area contributed by atoms with Gasteiger partial charge in [0.25, 0.3) is 5.91 Å². The fraction of sp³-hybridized carbons (Fsp3) is 0.333. The Hall–Kier alpha value is -3.31. The van der Waals surface area contributed by atoms with Crippen molar-refractivity contribution in [3.05, 3.63) is 63.5 Å². The number of esters is 2. The molecule has 2 aromatic rings. The topological polar surface area (TPSA) is 111 Å². The second kappa shape index (κ2) is 11.0. The van der Waals surface area contributed by atoms with Gasteiger partial charge < -0.3 is 19.5 Å². The van der Waals surface area contributed by atoms with Gasteiger partial charge in [0.1, 0.15) is 36.1 Å². The molecule has 0 radical (unpaired) electrons. The number of β-lactam (4-membered cyclic amide) rings is 1.